The molecule has 2 aromatic rings. The lowest BCUT2D eigenvalue weighted by Crippen LogP contribution is -2.26. The number of carbonyl (C=O) groups excluding carboxylic acids is 1. The van der Waals surface area contributed by atoms with Crippen LogP contribution in [0.25, 0.3) is 10.2 Å². The summed E-state index contributed by atoms with van der Waals surface area (Å²) in [4.78, 5) is 16.4. The average molecular weight is 420 g/mol. The Balaban J connectivity index is 2.36. The van der Waals surface area contributed by atoms with Crippen LogP contribution in [0.15, 0.2) is 10.5 Å². The number of halogens is 2. The fourth-order valence-electron chi connectivity index (χ4n) is 1.81. The summed E-state index contributed by atoms with van der Waals surface area (Å²) in [5, 5.41) is 3.53. The van der Waals surface area contributed by atoms with Crippen molar-refractivity contribution in [2.45, 2.75) is 32.5 Å². The van der Waals surface area contributed by atoms with Gasteiger partial charge in [0.05, 0.1) is 15.0 Å². The van der Waals surface area contributed by atoms with Gasteiger partial charge < -0.3 is 5.32 Å². The number of nitrogens with one attached hydrogen (secondary N) is 1. The highest BCUT2D eigenvalue weighted by molar-refractivity contribution is 9.10. The third-order valence-corrected chi connectivity index (χ3v) is 6.36. The molecule has 3 nitrogen and oxygen atoms in total. The molecule has 1 N–H and O–H groups in total. The number of thiazole rings is 1. The van der Waals surface area contributed by atoms with Gasteiger partial charge in [0.15, 0.2) is 5.13 Å². The van der Waals surface area contributed by atoms with E-state index in [9.17, 15) is 4.79 Å². The minimum atomic E-state index is -0.208. The monoisotopic (exact) mass is 418 g/mol. The van der Waals surface area contributed by atoms with E-state index in [2.05, 4.69) is 62.1 Å². The number of hydrogen-bond donors (Lipinski definition) is 1. The zero-order valence-corrected chi connectivity index (χ0v) is 15.7. The Morgan fingerprint density at radius 3 is 2.65 bits per heavy atom. The molecule has 6 heteroatoms. The SMILES string of the molecule is Cc1cc(Br)c2nc(NC(=O)[C@@H](Br)C(C)C)sc2c1C. The third kappa shape index (κ3) is 3.07. The van der Waals surface area contributed by atoms with Crippen LogP contribution in [0, 0.1) is 19.8 Å². The molecule has 0 saturated heterocycles. The number of aryl methyl sites for hydroxylation is 2. The summed E-state index contributed by atoms with van der Waals surface area (Å²) in [6.45, 7) is 8.16. The predicted octanol–water partition coefficient (Wildman–Crippen LogP) is 5.03. The normalized spacial score (nSPS) is 12.9. The Hall–Kier alpha value is -0.460. The lowest BCUT2D eigenvalue weighted by molar-refractivity contribution is -0.116. The first-order valence-corrected chi connectivity index (χ1v) is 8.85. The molecule has 0 saturated carbocycles. The van der Waals surface area contributed by atoms with Gasteiger partial charge in [0.2, 0.25) is 5.91 Å². The largest absolute Gasteiger partial charge is 0.301 e. The molecule has 0 aliphatic heterocycles. The highest BCUT2D eigenvalue weighted by Crippen LogP contribution is 2.35. The molecule has 20 heavy (non-hydrogen) atoms. The molecule has 1 amide bonds. The van der Waals surface area contributed by atoms with Crippen LogP contribution in [0.1, 0.15) is 25.0 Å². The molecular weight excluding hydrogens is 404 g/mol. The Morgan fingerprint density at radius 2 is 2.05 bits per heavy atom. The number of fused-ring (bicyclic) bond motifs is 1. The topological polar surface area (TPSA) is 42.0 Å². The van der Waals surface area contributed by atoms with Crippen LogP contribution in [0.2, 0.25) is 0 Å². The quantitative estimate of drug-likeness (QED) is 0.708. The molecule has 0 bridgehead atoms. The smallest absolute Gasteiger partial charge is 0.240 e. The van der Waals surface area contributed by atoms with E-state index in [1.54, 1.807) is 0 Å². The summed E-state index contributed by atoms with van der Waals surface area (Å²) < 4.78 is 2.08. The number of alkyl halides is 1. The van der Waals surface area contributed by atoms with Crippen LogP contribution >= 0.6 is 43.2 Å². The molecule has 2 rings (SSSR count). The van der Waals surface area contributed by atoms with Crippen molar-refractivity contribution in [3.63, 3.8) is 0 Å². The van der Waals surface area contributed by atoms with Crippen molar-refractivity contribution in [3.8, 4) is 0 Å². The summed E-state index contributed by atoms with van der Waals surface area (Å²) in [5.41, 5.74) is 3.33. The van der Waals surface area contributed by atoms with Gasteiger partial charge in [0, 0.05) is 4.47 Å². The molecule has 0 aliphatic rings. The van der Waals surface area contributed by atoms with Gasteiger partial charge in [-0.1, -0.05) is 41.1 Å². The maximum atomic E-state index is 12.1. The summed E-state index contributed by atoms with van der Waals surface area (Å²) in [7, 11) is 0. The van der Waals surface area contributed by atoms with Crippen molar-refractivity contribution in [2.24, 2.45) is 5.92 Å². The fourth-order valence-corrected chi connectivity index (χ4v) is 3.74. The van der Waals surface area contributed by atoms with Crippen molar-refractivity contribution >= 4 is 64.5 Å². The van der Waals surface area contributed by atoms with E-state index in [1.807, 2.05) is 13.8 Å². The van der Waals surface area contributed by atoms with Crippen LogP contribution in [0.5, 0.6) is 0 Å². The van der Waals surface area contributed by atoms with E-state index in [0.29, 0.717) is 5.13 Å². The van der Waals surface area contributed by atoms with Gasteiger partial charge in [0.25, 0.3) is 0 Å². The van der Waals surface area contributed by atoms with Gasteiger partial charge >= 0.3 is 0 Å². The van der Waals surface area contributed by atoms with Crippen molar-refractivity contribution in [2.75, 3.05) is 5.32 Å². The van der Waals surface area contributed by atoms with Crippen LogP contribution in [-0.4, -0.2) is 15.7 Å². The van der Waals surface area contributed by atoms with Crippen molar-refractivity contribution in [3.05, 3.63) is 21.7 Å². The Morgan fingerprint density at radius 1 is 1.40 bits per heavy atom. The second-order valence-electron chi connectivity index (χ2n) is 5.13. The number of anilines is 1. The van der Waals surface area contributed by atoms with Crippen LogP contribution in [0.3, 0.4) is 0 Å². The highest BCUT2D eigenvalue weighted by atomic mass is 79.9. The number of rotatable bonds is 3. The fraction of sp³-hybridized carbons (Fsp3) is 0.429. The summed E-state index contributed by atoms with van der Waals surface area (Å²) >= 11 is 8.46. The number of nitrogens with zero attached hydrogens (tertiary/aromatic N) is 1. The molecule has 0 fully saturated rings. The van der Waals surface area contributed by atoms with E-state index in [1.165, 1.54) is 22.5 Å². The Bertz CT molecular complexity index is 667. The number of aromatic nitrogens is 1. The molecule has 1 atom stereocenters. The number of carbonyl (C=O) groups is 1. The van der Waals surface area contributed by atoms with Gasteiger partial charge in [-0.3, -0.25) is 4.79 Å². The molecule has 0 spiro atoms. The molecule has 0 aliphatic carbocycles. The van der Waals surface area contributed by atoms with Crippen molar-refractivity contribution in [1.29, 1.82) is 0 Å². The lowest BCUT2D eigenvalue weighted by Gasteiger charge is -2.11. The predicted molar refractivity (Wildman–Crippen MR) is 93.0 cm³/mol. The lowest BCUT2D eigenvalue weighted by atomic mass is 10.1. The van der Waals surface area contributed by atoms with Gasteiger partial charge in [-0.25, -0.2) is 4.98 Å². The molecule has 1 aromatic heterocycles. The Labute approximate surface area is 139 Å². The van der Waals surface area contributed by atoms with Crippen LogP contribution in [0.4, 0.5) is 5.13 Å². The first-order valence-electron chi connectivity index (χ1n) is 6.32. The Kier molecular flexibility index (Phi) is 4.87. The van der Waals surface area contributed by atoms with Crippen LogP contribution < -0.4 is 5.32 Å². The molecule has 1 heterocycles. The average Bonchev–Trinajstić information content (AvgIpc) is 2.79. The second kappa shape index (κ2) is 6.12. The minimum absolute atomic E-state index is 0.0513. The van der Waals surface area contributed by atoms with E-state index in [4.69, 9.17) is 0 Å². The zero-order chi connectivity index (χ0) is 15.0. The molecule has 0 radical (unpaired) electrons. The van der Waals surface area contributed by atoms with Gasteiger partial charge in [-0.2, -0.15) is 0 Å². The molecule has 108 valence electrons. The maximum Gasteiger partial charge on any atom is 0.240 e. The number of benzene rings is 1. The number of amides is 1. The van der Waals surface area contributed by atoms with Crippen molar-refractivity contribution in [1.82, 2.24) is 4.98 Å². The van der Waals surface area contributed by atoms with E-state index < -0.39 is 0 Å². The van der Waals surface area contributed by atoms with E-state index in [0.717, 1.165) is 14.7 Å². The summed E-state index contributed by atoms with van der Waals surface area (Å²) in [6, 6.07) is 2.06. The summed E-state index contributed by atoms with van der Waals surface area (Å²) in [5.74, 6) is 0.185. The van der Waals surface area contributed by atoms with Gasteiger partial charge in [-0.15, -0.1) is 0 Å². The molecular formula is C14H16Br2N2OS. The minimum Gasteiger partial charge on any atom is -0.301 e. The van der Waals surface area contributed by atoms with E-state index in [-0.39, 0.29) is 16.7 Å². The molecule has 1 aromatic carbocycles. The van der Waals surface area contributed by atoms with Gasteiger partial charge in [0.1, 0.15) is 0 Å². The maximum absolute atomic E-state index is 12.1. The third-order valence-electron chi connectivity index (χ3n) is 3.19. The molecule has 0 unspecified atom stereocenters. The summed E-state index contributed by atoms with van der Waals surface area (Å²) in [6.07, 6.45) is 0. The second-order valence-corrected chi connectivity index (χ2v) is 7.97. The van der Waals surface area contributed by atoms with Crippen LogP contribution in [-0.2, 0) is 4.79 Å². The zero-order valence-electron chi connectivity index (χ0n) is 11.8. The highest BCUT2D eigenvalue weighted by Gasteiger charge is 2.20. The number of hydrogen-bond acceptors (Lipinski definition) is 3. The van der Waals surface area contributed by atoms with E-state index >= 15 is 0 Å². The first-order chi connectivity index (χ1) is 9.31. The van der Waals surface area contributed by atoms with Crippen molar-refractivity contribution < 1.29 is 4.79 Å². The van der Waals surface area contributed by atoms with Gasteiger partial charge in [-0.05, 0) is 52.9 Å². The standard InChI is InChI=1S/C14H16Br2N2OS/c1-6(2)10(16)13(19)18-14-17-11-9(15)5-7(3)8(4)12(11)20-14/h5-6,10H,1-4H3,(H,17,18,19)/t10-/m0/s1. The first kappa shape index (κ1) is 15.9.